The molecular formula is C16H20N2O2. The Morgan fingerprint density at radius 2 is 1.85 bits per heavy atom. The van der Waals surface area contributed by atoms with Gasteiger partial charge in [-0.2, -0.15) is 0 Å². The predicted octanol–water partition coefficient (Wildman–Crippen LogP) is 2.95. The minimum Gasteiger partial charge on any atom is -0.496 e. The Labute approximate surface area is 119 Å². The minimum absolute atomic E-state index is 0.180. The van der Waals surface area contributed by atoms with E-state index in [0.29, 0.717) is 12.4 Å². The number of methoxy groups -OCH3 is 2. The van der Waals surface area contributed by atoms with E-state index >= 15 is 0 Å². The molecule has 2 aromatic rings. The summed E-state index contributed by atoms with van der Waals surface area (Å²) < 4.78 is 10.5. The van der Waals surface area contributed by atoms with E-state index in [1.807, 2.05) is 36.4 Å². The van der Waals surface area contributed by atoms with Crippen molar-refractivity contribution in [1.82, 2.24) is 10.3 Å². The molecule has 106 valence electrons. The molecule has 20 heavy (non-hydrogen) atoms. The number of aromatic nitrogens is 1. The van der Waals surface area contributed by atoms with Gasteiger partial charge in [0.25, 0.3) is 0 Å². The van der Waals surface area contributed by atoms with Crippen molar-refractivity contribution in [2.75, 3.05) is 14.2 Å². The van der Waals surface area contributed by atoms with Crippen molar-refractivity contribution >= 4 is 0 Å². The van der Waals surface area contributed by atoms with Gasteiger partial charge < -0.3 is 14.8 Å². The first-order valence-corrected chi connectivity index (χ1v) is 6.61. The number of nitrogens with zero attached hydrogens (tertiary/aromatic N) is 1. The van der Waals surface area contributed by atoms with Gasteiger partial charge in [-0.15, -0.1) is 0 Å². The van der Waals surface area contributed by atoms with Gasteiger partial charge in [0.1, 0.15) is 5.75 Å². The molecule has 1 atom stereocenters. The molecule has 0 fully saturated rings. The van der Waals surface area contributed by atoms with Gasteiger partial charge in [0, 0.05) is 24.2 Å². The lowest BCUT2D eigenvalue weighted by Gasteiger charge is -2.17. The molecule has 4 heteroatoms. The molecular weight excluding hydrogens is 252 g/mol. The molecule has 0 bridgehead atoms. The van der Waals surface area contributed by atoms with E-state index in [0.717, 1.165) is 17.0 Å². The monoisotopic (exact) mass is 272 g/mol. The third-order valence-corrected chi connectivity index (χ3v) is 3.19. The number of nitrogens with one attached hydrogen (secondary N) is 1. The van der Waals surface area contributed by atoms with Crippen LogP contribution in [0.2, 0.25) is 0 Å². The highest BCUT2D eigenvalue weighted by atomic mass is 16.5. The van der Waals surface area contributed by atoms with Crippen LogP contribution in [0.25, 0.3) is 0 Å². The van der Waals surface area contributed by atoms with Crippen LogP contribution in [0, 0.1) is 0 Å². The summed E-state index contributed by atoms with van der Waals surface area (Å²) in [5.74, 6) is 1.53. The number of hydrogen-bond donors (Lipinski definition) is 1. The van der Waals surface area contributed by atoms with Crippen LogP contribution >= 0.6 is 0 Å². The summed E-state index contributed by atoms with van der Waals surface area (Å²) in [7, 11) is 3.31. The lowest BCUT2D eigenvalue weighted by Crippen LogP contribution is -2.19. The average molecular weight is 272 g/mol. The van der Waals surface area contributed by atoms with Crippen LogP contribution in [0.4, 0.5) is 0 Å². The Hall–Kier alpha value is -2.07. The molecule has 0 aliphatic rings. The van der Waals surface area contributed by atoms with E-state index < -0.39 is 0 Å². The van der Waals surface area contributed by atoms with Crippen molar-refractivity contribution in [3.8, 4) is 11.6 Å². The van der Waals surface area contributed by atoms with Crippen LogP contribution in [-0.2, 0) is 6.54 Å². The fraction of sp³-hybridized carbons (Fsp3) is 0.312. The molecule has 2 rings (SSSR count). The van der Waals surface area contributed by atoms with Crippen LogP contribution in [0.15, 0.2) is 42.5 Å². The second-order valence-electron chi connectivity index (χ2n) is 4.52. The van der Waals surface area contributed by atoms with Gasteiger partial charge in [0.15, 0.2) is 0 Å². The Kier molecular flexibility index (Phi) is 4.96. The largest absolute Gasteiger partial charge is 0.496 e. The topological polar surface area (TPSA) is 43.4 Å². The predicted molar refractivity (Wildman–Crippen MR) is 79.0 cm³/mol. The lowest BCUT2D eigenvalue weighted by molar-refractivity contribution is 0.393. The molecule has 0 saturated carbocycles. The fourth-order valence-corrected chi connectivity index (χ4v) is 2.06. The van der Waals surface area contributed by atoms with Gasteiger partial charge in [0.05, 0.1) is 19.9 Å². The Morgan fingerprint density at radius 1 is 1.05 bits per heavy atom. The van der Waals surface area contributed by atoms with Gasteiger partial charge in [0.2, 0.25) is 5.88 Å². The third-order valence-electron chi connectivity index (χ3n) is 3.19. The Balaban J connectivity index is 2.02. The van der Waals surface area contributed by atoms with Crippen molar-refractivity contribution in [3.63, 3.8) is 0 Å². The summed E-state index contributed by atoms with van der Waals surface area (Å²) in [6.07, 6.45) is 0. The Bertz CT molecular complexity index is 558. The van der Waals surface area contributed by atoms with Crippen LogP contribution < -0.4 is 14.8 Å². The number of rotatable bonds is 6. The molecule has 1 N–H and O–H groups in total. The van der Waals surface area contributed by atoms with E-state index in [2.05, 4.69) is 23.3 Å². The van der Waals surface area contributed by atoms with Crippen molar-refractivity contribution in [3.05, 3.63) is 53.7 Å². The van der Waals surface area contributed by atoms with Gasteiger partial charge in [-0.25, -0.2) is 4.98 Å². The summed E-state index contributed by atoms with van der Waals surface area (Å²) in [5, 5.41) is 3.44. The second kappa shape index (κ2) is 6.91. The zero-order chi connectivity index (χ0) is 14.4. The summed E-state index contributed by atoms with van der Waals surface area (Å²) in [4.78, 5) is 4.38. The minimum atomic E-state index is 0.180. The summed E-state index contributed by atoms with van der Waals surface area (Å²) in [5.41, 5.74) is 2.09. The molecule has 1 aromatic heterocycles. The highest BCUT2D eigenvalue weighted by Gasteiger charge is 2.10. The van der Waals surface area contributed by atoms with Gasteiger partial charge in [-0.1, -0.05) is 24.3 Å². The standard InChI is InChI=1S/C16H20N2O2/c1-12(14-8-4-5-9-15(14)19-2)17-11-13-7-6-10-16(18-13)20-3/h4-10,12,17H,11H2,1-3H3/t12-/m0/s1. The molecule has 0 unspecified atom stereocenters. The summed E-state index contributed by atoms with van der Waals surface area (Å²) >= 11 is 0. The quantitative estimate of drug-likeness (QED) is 0.878. The van der Waals surface area contributed by atoms with Crippen LogP contribution in [0.1, 0.15) is 24.2 Å². The maximum Gasteiger partial charge on any atom is 0.213 e. The van der Waals surface area contributed by atoms with Crippen molar-refractivity contribution < 1.29 is 9.47 Å². The van der Waals surface area contributed by atoms with E-state index in [1.165, 1.54) is 0 Å². The lowest BCUT2D eigenvalue weighted by atomic mass is 10.1. The second-order valence-corrected chi connectivity index (χ2v) is 4.52. The van der Waals surface area contributed by atoms with Crippen molar-refractivity contribution in [1.29, 1.82) is 0 Å². The number of hydrogen-bond acceptors (Lipinski definition) is 4. The maximum atomic E-state index is 5.38. The van der Waals surface area contributed by atoms with Gasteiger partial charge in [-0.3, -0.25) is 0 Å². The smallest absolute Gasteiger partial charge is 0.213 e. The summed E-state index contributed by atoms with van der Waals surface area (Å²) in [6.45, 7) is 2.79. The molecule has 4 nitrogen and oxygen atoms in total. The molecule has 0 aliphatic carbocycles. The number of pyridine rings is 1. The number of para-hydroxylation sites is 1. The highest BCUT2D eigenvalue weighted by molar-refractivity contribution is 5.35. The zero-order valence-electron chi connectivity index (χ0n) is 12.1. The molecule has 0 saturated heterocycles. The van der Waals surface area contributed by atoms with E-state index in [1.54, 1.807) is 14.2 Å². The zero-order valence-corrected chi connectivity index (χ0v) is 12.1. The van der Waals surface area contributed by atoms with E-state index in [4.69, 9.17) is 9.47 Å². The molecule has 0 spiro atoms. The maximum absolute atomic E-state index is 5.38. The first-order valence-electron chi connectivity index (χ1n) is 6.61. The van der Waals surface area contributed by atoms with Crippen LogP contribution in [0.3, 0.4) is 0 Å². The fourth-order valence-electron chi connectivity index (χ4n) is 2.06. The SMILES string of the molecule is COc1cccc(CN[C@@H](C)c2ccccc2OC)n1. The molecule has 0 amide bonds. The molecule has 0 radical (unpaired) electrons. The molecule has 1 heterocycles. The molecule has 0 aliphatic heterocycles. The van der Waals surface area contributed by atoms with Crippen molar-refractivity contribution in [2.45, 2.75) is 19.5 Å². The number of benzene rings is 1. The highest BCUT2D eigenvalue weighted by Crippen LogP contribution is 2.24. The average Bonchev–Trinajstić information content (AvgIpc) is 2.52. The van der Waals surface area contributed by atoms with E-state index in [-0.39, 0.29) is 6.04 Å². The molecule has 1 aromatic carbocycles. The first-order chi connectivity index (χ1) is 9.74. The number of ether oxygens (including phenoxy) is 2. The third kappa shape index (κ3) is 3.48. The van der Waals surface area contributed by atoms with Gasteiger partial charge in [-0.05, 0) is 19.1 Å². The summed E-state index contributed by atoms with van der Waals surface area (Å²) in [6, 6.07) is 14.0. The first kappa shape index (κ1) is 14.3. The van der Waals surface area contributed by atoms with Gasteiger partial charge >= 0.3 is 0 Å². The normalized spacial score (nSPS) is 11.9. The van der Waals surface area contributed by atoms with Crippen LogP contribution in [-0.4, -0.2) is 19.2 Å². The van der Waals surface area contributed by atoms with Crippen LogP contribution in [0.5, 0.6) is 11.6 Å². The Morgan fingerprint density at radius 3 is 2.60 bits per heavy atom. The van der Waals surface area contributed by atoms with E-state index in [9.17, 15) is 0 Å². The van der Waals surface area contributed by atoms with Crippen molar-refractivity contribution in [2.24, 2.45) is 0 Å².